The fourth-order valence-electron chi connectivity index (χ4n) is 2.42. The summed E-state index contributed by atoms with van der Waals surface area (Å²) >= 11 is 5.96. The quantitative estimate of drug-likeness (QED) is 0.724. The Morgan fingerprint density at radius 1 is 1.45 bits per heavy atom. The largest absolute Gasteiger partial charge is 0.477 e. The van der Waals surface area contributed by atoms with Crippen molar-refractivity contribution in [1.29, 1.82) is 0 Å². The van der Waals surface area contributed by atoms with Gasteiger partial charge in [-0.3, -0.25) is 0 Å². The fourth-order valence-corrected chi connectivity index (χ4v) is 2.61. The van der Waals surface area contributed by atoms with Gasteiger partial charge in [0.1, 0.15) is 11.8 Å². The first kappa shape index (κ1) is 15.5. The molecule has 0 radical (unpaired) electrons. The molecule has 0 aromatic carbocycles. The molecule has 112 valence electrons. The number of aromatic nitrogens is 2. The third kappa shape index (κ3) is 4.58. The summed E-state index contributed by atoms with van der Waals surface area (Å²) < 4.78 is 11.0. The lowest BCUT2D eigenvalue weighted by Gasteiger charge is -2.19. The number of rotatable bonds is 7. The number of halogens is 1. The highest BCUT2D eigenvalue weighted by atomic mass is 35.5. The van der Waals surface area contributed by atoms with E-state index in [-0.39, 0.29) is 0 Å². The first-order valence-electron chi connectivity index (χ1n) is 7.13. The van der Waals surface area contributed by atoms with Crippen LogP contribution in [0.4, 0.5) is 0 Å². The average Bonchev–Trinajstić information content (AvgIpc) is 2.82. The summed E-state index contributed by atoms with van der Waals surface area (Å²) in [5.74, 6) is 1.09. The van der Waals surface area contributed by atoms with E-state index in [1.807, 2.05) is 6.92 Å². The van der Waals surface area contributed by atoms with Crippen LogP contribution < -0.4 is 4.74 Å². The minimum absolute atomic E-state index is 0.360. The minimum atomic E-state index is 0.360. The maximum absolute atomic E-state index is 5.96. The number of hydrogen-bond acceptors (Lipinski definition) is 5. The molecule has 1 aliphatic rings. The summed E-state index contributed by atoms with van der Waals surface area (Å²) in [5, 5.41) is 0.391. The van der Waals surface area contributed by atoms with Crippen molar-refractivity contribution in [1.82, 2.24) is 14.9 Å². The zero-order valence-electron chi connectivity index (χ0n) is 12.1. The predicted octanol–water partition coefficient (Wildman–Crippen LogP) is 2.53. The van der Waals surface area contributed by atoms with Crippen LogP contribution in [0.2, 0.25) is 5.15 Å². The van der Waals surface area contributed by atoms with Crippen molar-refractivity contribution in [3.63, 3.8) is 0 Å². The van der Waals surface area contributed by atoms with Crippen LogP contribution in [-0.2, 0) is 11.3 Å². The molecule has 6 heteroatoms. The Kier molecular flexibility index (Phi) is 6.01. The lowest BCUT2D eigenvalue weighted by molar-refractivity contribution is 0.127. The molecule has 1 unspecified atom stereocenters. The number of ether oxygens (including phenoxy) is 2. The summed E-state index contributed by atoms with van der Waals surface area (Å²) in [5.41, 5.74) is 0. The highest BCUT2D eigenvalue weighted by Gasteiger charge is 2.20. The first-order chi connectivity index (χ1) is 9.69. The Morgan fingerprint density at radius 3 is 3.00 bits per heavy atom. The monoisotopic (exact) mass is 299 g/mol. The Morgan fingerprint density at radius 2 is 2.30 bits per heavy atom. The number of nitrogens with zero attached hydrogens (tertiary/aromatic N) is 3. The molecular weight excluding hydrogens is 278 g/mol. The Labute approximate surface area is 125 Å². The molecule has 2 rings (SSSR count). The molecule has 0 bridgehead atoms. The molecular formula is C14H22ClN3O2. The van der Waals surface area contributed by atoms with Crippen molar-refractivity contribution in [3.05, 3.63) is 17.0 Å². The first-order valence-corrected chi connectivity index (χ1v) is 7.51. The molecule has 2 heterocycles. The third-order valence-corrected chi connectivity index (χ3v) is 3.72. The van der Waals surface area contributed by atoms with Gasteiger partial charge in [-0.15, -0.1) is 0 Å². The highest BCUT2D eigenvalue weighted by Crippen LogP contribution is 2.19. The highest BCUT2D eigenvalue weighted by molar-refractivity contribution is 6.29. The van der Waals surface area contributed by atoms with E-state index in [1.54, 1.807) is 6.07 Å². The molecule has 1 aromatic rings. The van der Waals surface area contributed by atoms with Gasteiger partial charge < -0.3 is 14.4 Å². The topological polar surface area (TPSA) is 47.5 Å². The van der Waals surface area contributed by atoms with E-state index in [2.05, 4.69) is 21.9 Å². The Bertz CT molecular complexity index is 431. The summed E-state index contributed by atoms with van der Waals surface area (Å²) in [4.78, 5) is 10.8. The van der Waals surface area contributed by atoms with Crippen molar-refractivity contribution in [2.24, 2.45) is 0 Å². The smallest absolute Gasteiger partial charge is 0.218 e. The van der Waals surface area contributed by atoms with E-state index in [4.69, 9.17) is 21.1 Å². The molecule has 1 saturated heterocycles. The van der Waals surface area contributed by atoms with Gasteiger partial charge in [-0.1, -0.05) is 11.6 Å². The summed E-state index contributed by atoms with van der Waals surface area (Å²) in [6.07, 6.45) is 3.54. The van der Waals surface area contributed by atoms with Gasteiger partial charge in [-0.2, -0.15) is 4.98 Å². The molecule has 0 aliphatic carbocycles. The molecule has 1 atom stereocenters. The van der Waals surface area contributed by atoms with E-state index < -0.39 is 0 Å². The normalized spacial score (nSPS) is 19.4. The van der Waals surface area contributed by atoms with Gasteiger partial charge in [0.15, 0.2) is 5.82 Å². The van der Waals surface area contributed by atoms with Crippen molar-refractivity contribution in [2.75, 3.05) is 26.8 Å². The zero-order chi connectivity index (χ0) is 14.4. The van der Waals surface area contributed by atoms with E-state index in [0.29, 0.717) is 42.7 Å². The summed E-state index contributed by atoms with van der Waals surface area (Å²) in [6.45, 7) is 4.75. The predicted molar refractivity (Wildman–Crippen MR) is 78.1 cm³/mol. The van der Waals surface area contributed by atoms with Crippen LogP contribution in [0.3, 0.4) is 0 Å². The average molecular weight is 300 g/mol. The van der Waals surface area contributed by atoms with Crippen LogP contribution in [0.15, 0.2) is 6.07 Å². The van der Waals surface area contributed by atoms with Crippen molar-refractivity contribution in [2.45, 2.75) is 38.8 Å². The molecule has 20 heavy (non-hydrogen) atoms. The number of likely N-dealkylation sites (tertiary alicyclic amines) is 1. The second-order valence-electron chi connectivity index (χ2n) is 5.00. The van der Waals surface area contributed by atoms with Gasteiger partial charge in [0, 0.05) is 18.7 Å². The maximum atomic E-state index is 5.96. The van der Waals surface area contributed by atoms with Gasteiger partial charge in [-0.25, -0.2) is 4.98 Å². The SMILES string of the molecule is CCOCc1nc(Cl)cc(OCCC2CCCN2C)n1. The van der Waals surface area contributed by atoms with Crippen LogP contribution in [-0.4, -0.2) is 47.7 Å². The van der Waals surface area contributed by atoms with Gasteiger partial charge in [0.2, 0.25) is 5.88 Å². The molecule has 0 spiro atoms. The summed E-state index contributed by atoms with van der Waals surface area (Å²) in [6, 6.07) is 2.27. The molecule has 5 nitrogen and oxygen atoms in total. The van der Waals surface area contributed by atoms with Crippen LogP contribution in [0.25, 0.3) is 0 Å². The van der Waals surface area contributed by atoms with Crippen molar-refractivity contribution >= 4 is 11.6 Å². The van der Waals surface area contributed by atoms with Crippen molar-refractivity contribution < 1.29 is 9.47 Å². The molecule has 1 fully saturated rings. The van der Waals surface area contributed by atoms with Gasteiger partial charge in [-0.05, 0) is 39.8 Å². The maximum Gasteiger partial charge on any atom is 0.218 e. The minimum Gasteiger partial charge on any atom is -0.477 e. The lowest BCUT2D eigenvalue weighted by Crippen LogP contribution is -2.26. The van der Waals surface area contributed by atoms with Gasteiger partial charge in [0.25, 0.3) is 0 Å². The Balaban J connectivity index is 1.83. The molecule has 0 N–H and O–H groups in total. The van der Waals surface area contributed by atoms with Crippen LogP contribution in [0, 0.1) is 0 Å². The van der Waals surface area contributed by atoms with E-state index in [1.165, 1.54) is 19.4 Å². The van der Waals surface area contributed by atoms with E-state index in [0.717, 1.165) is 6.42 Å². The Hall–Kier alpha value is -0.910. The molecule has 0 amide bonds. The fraction of sp³-hybridized carbons (Fsp3) is 0.714. The van der Waals surface area contributed by atoms with Crippen LogP contribution in [0.1, 0.15) is 32.0 Å². The lowest BCUT2D eigenvalue weighted by atomic mass is 10.1. The van der Waals surface area contributed by atoms with Crippen LogP contribution >= 0.6 is 11.6 Å². The second kappa shape index (κ2) is 7.76. The van der Waals surface area contributed by atoms with Crippen molar-refractivity contribution in [3.8, 4) is 5.88 Å². The van der Waals surface area contributed by atoms with Gasteiger partial charge >= 0.3 is 0 Å². The standard InChI is InChI=1S/C14H22ClN3O2/c1-3-19-10-13-16-12(15)9-14(17-13)20-8-6-11-5-4-7-18(11)2/h9,11H,3-8,10H2,1-2H3. The van der Waals surface area contributed by atoms with E-state index >= 15 is 0 Å². The summed E-state index contributed by atoms with van der Waals surface area (Å²) in [7, 11) is 2.17. The number of hydrogen-bond donors (Lipinski definition) is 0. The molecule has 0 saturated carbocycles. The third-order valence-electron chi connectivity index (χ3n) is 3.53. The second-order valence-corrected chi connectivity index (χ2v) is 5.38. The van der Waals surface area contributed by atoms with Gasteiger partial charge in [0.05, 0.1) is 6.61 Å². The zero-order valence-corrected chi connectivity index (χ0v) is 12.9. The van der Waals surface area contributed by atoms with Crippen LogP contribution in [0.5, 0.6) is 5.88 Å². The molecule has 1 aliphatic heterocycles. The molecule has 1 aromatic heterocycles. The van der Waals surface area contributed by atoms with E-state index in [9.17, 15) is 0 Å².